The third-order valence-corrected chi connectivity index (χ3v) is 3.88. The van der Waals surface area contributed by atoms with Gasteiger partial charge in [0.2, 0.25) is 0 Å². The normalized spacial score (nSPS) is 16.8. The van der Waals surface area contributed by atoms with Crippen LogP contribution in [0.3, 0.4) is 0 Å². The van der Waals surface area contributed by atoms with Gasteiger partial charge in [0.05, 0.1) is 12.9 Å². The first-order valence-electron chi connectivity index (χ1n) is 6.94. The zero-order chi connectivity index (χ0) is 14.6. The highest BCUT2D eigenvalue weighted by atomic mass is 35.5. The molecule has 1 aromatic rings. The van der Waals surface area contributed by atoms with Gasteiger partial charge in [-0.2, -0.15) is 0 Å². The van der Waals surface area contributed by atoms with E-state index in [1.807, 2.05) is 13.0 Å². The van der Waals surface area contributed by atoms with Crippen molar-refractivity contribution < 1.29 is 9.53 Å². The van der Waals surface area contributed by atoms with E-state index in [1.54, 1.807) is 24.5 Å². The predicted octanol–water partition coefficient (Wildman–Crippen LogP) is 4.02. The number of hydrogen-bond donors (Lipinski definition) is 1. The topological polar surface area (TPSA) is 38.3 Å². The lowest BCUT2D eigenvalue weighted by Gasteiger charge is -2.39. The lowest BCUT2D eigenvalue weighted by atomic mass is 9.78. The summed E-state index contributed by atoms with van der Waals surface area (Å²) in [5.74, 6) is -0.0779. The van der Waals surface area contributed by atoms with Crippen LogP contribution in [0.25, 0.3) is 6.08 Å². The van der Waals surface area contributed by atoms with Crippen LogP contribution in [0.2, 0.25) is 5.02 Å². The average Bonchev–Trinajstić information content (AvgIpc) is 2.38. The first kappa shape index (κ1) is 14.9. The van der Waals surface area contributed by atoms with Gasteiger partial charge in [0, 0.05) is 16.1 Å². The number of rotatable bonds is 5. The maximum absolute atomic E-state index is 12.4. The van der Waals surface area contributed by atoms with Crippen molar-refractivity contribution in [3.8, 4) is 0 Å². The highest BCUT2D eigenvalue weighted by molar-refractivity contribution is 6.31. The second-order valence-corrected chi connectivity index (χ2v) is 5.79. The minimum Gasteiger partial charge on any atom is -0.501 e. The second kappa shape index (κ2) is 6.31. The Morgan fingerprint density at radius 1 is 1.50 bits per heavy atom. The molecule has 108 valence electrons. The van der Waals surface area contributed by atoms with Crippen LogP contribution >= 0.6 is 11.6 Å². The highest BCUT2D eigenvalue weighted by Gasteiger charge is 2.33. The summed E-state index contributed by atoms with van der Waals surface area (Å²) < 4.78 is 5.19. The zero-order valence-electron chi connectivity index (χ0n) is 11.9. The molecule has 0 bridgehead atoms. The van der Waals surface area contributed by atoms with Gasteiger partial charge in [-0.05, 0) is 56.9 Å². The van der Waals surface area contributed by atoms with E-state index in [0.717, 1.165) is 18.4 Å². The number of ether oxygens (including phenoxy) is 1. The smallest absolute Gasteiger partial charge is 0.252 e. The molecule has 1 fully saturated rings. The SMILES string of the molecule is CCO/C=C/c1ccc(Cl)cc1C(=O)NC1(C)CCC1. The Morgan fingerprint density at radius 2 is 2.25 bits per heavy atom. The van der Waals surface area contributed by atoms with Gasteiger partial charge in [0.25, 0.3) is 5.91 Å². The first-order chi connectivity index (χ1) is 9.54. The van der Waals surface area contributed by atoms with Gasteiger partial charge in [0.1, 0.15) is 0 Å². The van der Waals surface area contributed by atoms with Crippen LogP contribution in [0.15, 0.2) is 24.5 Å². The average molecular weight is 294 g/mol. The summed E-state index contributed by atoms with van der Waals surface area (Å²) >= 11 is 6.01. The van der Waals surface area contributed by atoms with E-state index in [9.17, 15) is 4.79 Å². The molecule has 4 heteroatoms. The molecule has 1 aliphatic rings. The molecule has 0 atom stereocenters. The van der Waals surface area contributed by atoms with Gasteiger partial charge in [-0.1, -0.05) is 17.7 Å². The standard InChI is InChI=1S/C16H20ClNO2/c1-3-20-10-7-12-5-6-13(17)11-14(12)15(19)18-16(2)8-4-9-16/h5-7,10-11H,3-4,8-9H2,1-2H3,(H,18,19)/b10-7+. The van der Waals surface area contributed by atoms with E-state index in [4.69, 9.17) is 16.3 Å². The molecule has 0 spiro atoms. The minimum absolute atomic E-state index is 0.0691. The largest absolute Gasteiger partial charge is 0.501 e. The van der Waals surface area contributed by atoms with Crippen molar-refractivity contribution in [1.29, 1.82) is 0 Å². The lowest BCUT2D eigenvalue weighted by molar-refractivity contribution is 0.0850. The Balaban J connectivity index is 2.19. The molecule has 1 saturated carbocycles. The summed E-state index contributed by atoms with van der Waals surface area (Å²) in [6.07, 6.45) is 6.62. The molecule has 0 radical (unpaired) electrons. The van der Waals surface area contributed by atoms with Gasteiger partial charge in [0.15, 0.2) is 0 Å². The molecule has 1 amide bonds. The van der Waals surface area contributed by atoms with Crippen molar-refractivity contribution in [3.05, 3.63) is 40.6 Å². The zero-order valence-corrected chi connectivity index (χ0v) is 12.7. The van der Waals surface area contributed by atoms with E-state index in [2.05, 4.69) is 12.2 Å². The van der Waals surface area contributed by atoms with E-state index in [1.165, 1.54) is 6.42 Å². The Hall–Kier alpha value is -1.48. The molecule has 20 heavy (non-hydrogen) atoms. The van der Waals surface area contributed by atoms with Gasteiger partial charge in [-0.25, -0.2) is 0 Å². The fourth-order valence-corrected chi connectivity index (χ4v) is 2.43. The Morgan fingerprint density at radius 3 is 2.85 bits per heavy atom. The van der Waals surface area contributed by atoms with Crippen LogP contribution in [-0.4, -0.2) is 18.1 Å². The molecule has 3 nitrogen and oxygen atoms in total. The molecule has 0 aromatic heterocycles. The fourth-order valence-electron chi connectivity index (χ4n) is 2.26. The van der Waals surface area contributed by atoms with Crippen LogP contribution in [0.4, 0.5) is 0 Å². The third kappa shape index (κ3) is 3.54. The van der Waals surface area contributed by atoms with Crippen LogP contribution in [0.1, 0.15) is 49.0 Å². The fraction of sp³-hybridized carbons (Fsp3) is 0.438. The molecule has 0 unspecified atom stereocenters. The highest BCUT2D eigenvalue weighted by Crippen LogP contribution is 2.31. The van der Waals surface area contributed by atoms with E-state index in [-0.39, 0.29) is 11.4 Å². The first-order valence-corrected chi connectivity index (χ1v) is 7.32. The molecular weight excluding hydrogens is 274 g/mol. The van der Waals surface area contributed by atoms with Crippen molar-refractivity contribution in [2.45, 2.75) is 38.6 Å². The number of nitrogens with one attached hydrogen (secondary N) is 1. The predicted molar refractivity (Wildman–Crippen MR) is 81.8 cm³/mol. The summed E-state index contributed by atoms with van der Waals surface area (Å²) in [4.78, 5) is 12.4. The molecular formula is C16H20ClNO2. The molecule has 1 N–H and O–H groups in total. The van der Waals surface area contributed by atoms with Crippen molar-refractivity contribution in [2.75, 3.05) is 6.61 Å². The number of halogens is 1. The van der Waals surface area contributed by atoms with Crippen LogP contribution in [0.5, 0.6) is 0 Å². The molecule has 1 aromatic carbocycles. The number of carbonyl (C=O) groups excluding carboxylic acids is 1. The van der Waals surface area contributed by atoms with Crippen molar-refractivity contribution >= 4 is 23.6 Å². The summed E-state index contributed by atoms with van der Waals surface area (Å²) in [5.41, 5.74) is 1.32. The Labute approximate surface area is 125 Å². The number of hydrogen-bond acceptors (Lipinski definition) is 2. The van der Waals surface area contributed by atoms with Gasteiger partial charge in [-0.15, -0.1) is 0 Å². The monoisotopic (exact) mass is 293 g/mol. The molecule has 2 rings (SSSR count). The minimum atomic E-state index is -0.0779. The molecule has 0 aliphatic heterocycles. The molecule has 1 aliphatic carbocycles. The van der Waals surface area contributed by atoms with Gasteiger partial charge < -0.3 is 10.1 Å². The van der Waals surface area contributed by atoms with Gasteiger partial charge >= 0.3 is 0 Å². The maximum Gasteiger partial charge on any atom is 0.252 e. The van der Waals surface area contributed by atoms with E-state index >= 15 is 0 Å². The summed E-state index contributed by atoms with van der Waals surface area (Å²) in [7, 11) is 0. The van der Waals surface area contributed by atoms with Crippen molar-refractivity contribution in [1.82, 2.24) is 5.32 Å². The van der Waals surface area contributed by atoms with Crippen LogP contribution < -0.4 is 5.32 Å². The van der Waals surface area contributed by atoms with E-state index in [0.29, 0.717) is 17.2 Å². The van der Waals surface area contributed by atoms with Crippen molar-refractivity contribution in [3.63, 3.8) is 0 Å². The number of benzene rings is 1. The van der Waals surface area contributed by atoms with Crippen molar-refractivity contribution in [2.24, 2.45) is 0 Å². The van der Waals surface area contributed by atoms with Crippen LogP contribution in [-0.2, 0) is 4.74 Å². The maximum atomic E-state index is 12.4. The molecule has 0 saturated heterocycles. The summed E-state index contributed by atoms with van der Waals surface area (Å²) in [5, 5.41) is 3.65. The summed E-state index contributed by atoms with van der Waals surface area (Å²) in [6, 6.07) is 5.30. The van der Waals surface area contributed by atoms with Gasteiger partial charge in [-0.3, -0.25) is 4.79 Å². The third-order valence-electron chi connectivity index (χ3n) is 3.64. The second-order valence-electron chi connectivity index (χ2n) is 5.36. The lowest BCUT2D eigenvalue weighted by Crippen LogP contribution is -2.51. The quantitative estimate of drug-likeness (QED) is 0.833. The van der Waals surface area contributed by atoms with E-state index < -0.39 is 0 Å². The summed E-state index contributed by atoms with van der Waals surface area (Å²) in [6.45, 7) is 4.59. The molecule has 0 heterocycles. The number of carbonyl (C=O) groups is 1. The number of amides is 1. The van der Waals surface area contributed by atoms with Crippen LogP contribution in [0, 0.1) is 0 Å². The Bertz CT molecular complexity index is 521. The Kier molecular flexibility index (Phi) is 4.71.